The molecule has 1 atom stereocenters. The van der Waals surface area contributed by atoms with Crippen molar-refractivity contribution in [1.82, 2.24) is 0 Å². The highest BCUT2D eigenvalue weighted by atomic mass is 32.2. The zero-order chi connectivity index (χ0) is 6.62. The van der Waals surface area contributed by atoms with E-state index in [-0.39, 0.29) is 5.75 Å². The van der Waals surface area contributed by atoms with Crippen molar-refractivity contribution in [2.75, 3.05) is 11.5 Å². The first-order chi connectivity index (χ1) is 3.56. The van der Waals surface area contributed by atoms with E-state index >= 15 is 0 Å². The van der Waals surface area contributed by atoms with Gasteiger partial charge < -0.3 is 4.55 Å². The molecule has 2 nitrogen and oxygen atoms in total. The molecule has 0 aromatic rings. The van der Waals surface area contributed by atoms with Crippen LogP contribution in [0.3, 0.4) is 0 Å². The Morgan fingerprint density at radius 2 is 2.25 bits per heavy atom. The molecule has 0 aromatic heterocycles. The van der Waals surface area contributed by atoms with Crippen LogP contribution in [0.15, 0.2) is 0 Å². The second kappa shape index (κ2) is 3.37. The van der Waals surface area contributed by atoms with Gasteiger partial charge in [0, 0.05) is 5.75 Å². The minimum Gasteiger partial charge on any atom is -0.314 e. The molecule has 0 aromatic carbocycles. The summed E-state index contributed by atoms with van der Waals surface area (Å²) < 4.78 is 18.9. The molecule has 0 bridgehead atoms. The summed E-state index contributed by atoms with van der Waals surface area (Å²) >= 11 is 3.87. The molecule has 1 unspecified atom stereocenters. The fourth-order valence-corrected chi connectivity index (χ4v) is 1.26. The molecular weight excluding hydrogens is 144 g/mol. The molecule has 0 spiro atoms. The monoisotopic (exact) mass is 154 g/mol. The summed E-state index contributed by atoms with van der Waals surface area (Å²) in [7, 11) is -2.74. The van der Waals surface area contributed by atoms with E-state index in [2.05, 4.69) is 18.5 Å². The Bertz CT molecular complexity index is 136. The molecule has 0 aliphatic heterocycles. The summed E-state index contributed by atoms with van der Waals surface area (Å²) in [6.45, 7) is 0. The van der Waals surface area contributed by atoms with Crippen molar-refractivity contribution in [2.24, 2.45) is 0 Å². The van der Waals surface area contributed by atoms with Gasteiger partial charge in [-0.15, -0.1) is 0 Å². The van der Waals surface area contributed by atoms with E-state index in [4.69, 9.17) is 4.55 Å². The topological polar surface area (TPSA) is 37.3 Å². The third-order valence-corrected chi connectivity index (χ3v) is 1.86. The van der Waals surface area contributed by atoms with Crippen LogP contribution < -0.4 is 0 Å². The van der Waals surface area contributed by atoms with E-state index < -0.39 is 9.80 Å². The molecule has 0 saturated carbocycles. The van der Waals surface area contributed by atoms with Gasteiger partial charge in [0.05, 0.1) is 9.80 Å². The van der Waals surface area contributed by atoms with Gasteiger partial charge in [0.25, 0.3) is 0 Å². The highest BCUT2D eigenvalue weighted by Gasteiger charge is 1.93. The Hall–Kier alpha value is 0.330. The van der Waals surface area contributed by atoms with Crippen LogP contribution >= 0.6 is 12.6 Å². The lowest BCUT2D eigenvalue weighted by atomic mass is 10.6. The molecule has 50 valence electrons. The molecule has 4 heteroatoms. The van der Waals surface area contributed by atoms with Crippen molar-refractivity contribution in [1.29, 1.82) is 0 Å². The first kappa shape index (κ1) is 8.33. The molecule has 0 aliphatic rings. The number of rotatable bonds is 3. The largest absolute Gasteiger partial charge is 0.314 e. The molecule has 0 heterocycles. The normalized spacial score (nSPS) is 17.8. The summed E-state index contributed by atoms with van der Waals surface area (Å²) in [6.07, 6.45) is 0.655. The lowest BCUT2D eigenvalue weighted by molar-refractivity contribution is 0.559. The van der Waals surface area contributed by atoms with Gasteiger partial charge in [-0.25, -0.2) is 4.21 Å². The molecular formula is C4H10O2S2. The SMILES string of the molecule is C=S(=O)(O)CCCS. The van der Waals surface area contributed by atoms with Gasteiger partial charge in [0.1, 0.15) is 0 Å². The average molecular weight is 154 g/mol. The van der Waals surface area contributed by atoms with E-state index in [0.29, 0.717) is 12.2 Å². The molecule has 0 fully saturated rings. The lowest BCUT2D eigenvalue weighted by Gasteiger charge is -1.95. The van der Waals surface area contributed by atoms with Gasteiger partial charge in [-0.05, 0) is 18.0 Å². The summed E-state index contributed by atoms with van der Waals surface area (Å²) in [4.78, 5) is 0. The zero-order valence-electron chi connectivity index (χ0n) is 4.54. The minimum atomic E-state index is -2.74. The van der Waals surface area contributed by atoms with Gasteiger partial charge in [-0.1, -0.05) is 0 Å². The van der Waals surface area contributed by atoms with Crippen LogP contribution in [-0.2, 0) is 9.80 Å². The van der Waals surface area contributed by atoms with E-state index in [1.807, 2.05) is 0 Å². The summed E-state index contributed by atoms with van der Waals surface area (Å²) in [6, 6.07) is 0. The predicted octanol–water partition coefficient (Wildman–Crippen LogP) is 0.496. The van der Waals surface area contributed by atoms with Crippen molar-refractivity contribution in [3.8, 4) is 0 Å². The molecule has 0 saturated heterocycles. The van der Waals surface area contributed by atoms with Crippen LogP contribution in [0.1, 0.15) is 6.42 Å². The maximum Gasteiger partial charge on any atom is 0.0746 e. The second-order valence-corrected chi connectivity index (χ2v) is 3.95. The van der Waals surface area contributed by atoms with Crippen LogP contribution in [-0.4, -0.2) is 26.1 Å². The van der Waals surface area contributed by atoms with Crippen molar-refractivity contribution < 1.29 is 8.76 Å². The average Bonchev–Trinajstić information content (AvgIpc) is 1.59. The van der Waals surface area contributed by atoms with Crippen molar-refractivity contribution >= 4 is 28.3 Å². The molecule has 0 amide bonds. The van der Waals surface area contributed by atoms with E-state index in [9.17, 15) is 4.21 Å². The maximum absolute atomic E-state index is 10.4. The summed E-state index contributed by atoms with van der Waals surface area (Å²) in [5.41, 5.74) is 0. The highest BCUT2D eigenvalue weighted by molar-refractivity contribution is 7.95. The Morgan fingerprint density at radius 1 is 1.75 bits per heavy atom. The minimum absolute atomic E-state index is 0.260. The van der Waals surface area contributed by atoms with Gasteiger partial charge in [-0.2, -0.15) is 12.6 Å². The zero-order valence-corrected chi connectivity index (χ0v) is 6.25. The number of hydrogen-bond donors (Lipinski definition) is 2. The Balaban J connectivity index is 3.42. The van der Waals surface area contributed by atoms with Gasteiger partial charge in [0.2, 0.25) is 0 Å². The van der Waals surface area contributed by atoms with E-state index in [1.54, 1.807) is 0 Å². The number of hydrogen-bond acceptors (Lipinski definition) is 2. The number of thiol groups is 1. The molecule has 1 N–H and O–H groups in total. The van der Waals surface area contributed by atoms with Crippen LogP contribution in [0.4, 0.5) is 0 Å². The third kappa shape index (κ3) is 6.33. The predicted molar refractivity (Wildman–Crippen MR) is 41.2 cm³/mol. The van der Waals surface area contributed by atoms with Crippen molar-refractivity contribution in [3.05, 3.63) is 0 Å². The first-order valence-electron chi connectivity index (χ1n) is 2.24. The molecule has 0 rings (SSSR count). The quantitative estimate of drug-likeness (QED) is 0.459. The van der Waals surface area contributed by atoms with Crippen LogP contribution in [0, 0.1) is 0 Å². The second-order valence-electron chi connectivity index (χ2n) is 1.55. The van der Waals surface area contributed by atoms with E-state index in [1.165, 1.54) is 0 Å². The Morgan fingerprint density at radius 3 is 2.38 bits per heavy atom. The molecule has 0 aliphatic carbocycles. The fourth-order valence-electron chi connectivity index (χ4n) is 0.290. The van der Waals surface area contributed by atoms with Crippen molar-refractivity contribution in [3.63, 3.8) is 0 Å². The maximum atomic E-state index is 10.4. The Labute approximate surface area is 55.5 Å². The summed E-state index contributed by atoms with van der Waals surface area (Å²) in [5.74, 6) is 3.96. The van der Waals surface area contributed by atoms with Crippen LogP contribution in [0.25, 0.3) is 0 Å². The summed E-state index contributed by atoms with van der Waals surface area (Å²) in [5, 5.41) is 0. The van der Waals surface area contributed by atoms with Gasteiger partial charge in [-0.3, -0.25) is 0 Å². The Kier molecular flexibility index (Phi) is 3.51. The van der Waals surface area contributed by atoms with E-state index in [0.717, 1.165) is 0 Å². The highest BCUT2D eigenvalue weighted by Crippen LogP contribution is 1.89. The fraction of sp³-hybridized carbons (Fsp3) is 0.750. The van der Waals surface area contributed by atoms with Crippen molar-refractivity contribution in [2.45, 2.75) is 6.42 Å². The smallest absolute Gasteiger partial charge is 0.0746 e. The van der Waals surface area contributed by atoms with Gasteiger partial charge >= 0.3 is 0 Å². The first-order valence-corrected chi connectivity index (χ1v) is 4.73. The third-order valence-electron chi connectivity index (χ3n) is 0.621. The standard InChI is InChI=1S/C4H10O2S2/c1-8(5,6)4-2-3-7/h7H,1-4H2,(H,5,6). The molecule has 8 heavy (non-hydrogen) atoms. The van der Waals surface area contributed by atoms with Crippen LogP contribution in [0.5, 0.6) is 0 Å². The lowest BCUT2D eigenvalue weighted by Crippen LogP contribution is -2.03. The molecule has 0 radical (unpaired) electrons. The van der Waals surface area contributed by atoms with Gasteiger partial charge in [0.15, 0.2) is 0 Å². The van der Waals surface area contributed by atoms with Crippen LogP contribution in [0.2, 0.25) is 0 Å².